The van der Waals surface area contributed by atoms with Crippen molar-refractivity contribution in [2.75, 3.05) is 20.2 Å². The molecule has 0 amide bonds. The lowest BCUT2D eigenvalue weighted by Crippen LogP contribution is -2.16. The van der Waals surface area contributed by atoms with Crippen LogP contribution in [0.3, 0.4) is 0 Å². The second-order valence-corrected chi connectivity index (χ2v) is 4.88. The second-order valence-electron chi connectivity index (χ2n) is 3.62. The first-order valence-electron chi connectivity index (χ1n) is 5.48. The number of ether oxygens (including phenoxy) is 1. The third kappa shape index (κ3) is 7.32. The molecule has 3 N–H and O–H groups in total. The zero-order chi connectivity index (χ0) is 15.7. The highest BCUT2D eigenvalue weighted by Gasteiger charge is 2.07. The molecule has 1 rings (SSSR count). The Hall–Kier alpha value is -1.31. The summed E-state index contributed by atoms with van der Waals surface area (Å²) >= 11 is 9.46. The zero-order valence-corrected chi connectivity index (χ0v) is 13.3. The average Bonchev–Trinajstić information content (AvgIpc) is 2.33. The number of hydrogen-bond acceptors (Lipinski definition) is 4. The fourth-order valence-electron chi connectivity index (χ4n) is 1.08. The highest BCUT2D eigenvalue weighted by atomic mass is 79.9. The first-order valence-corrected chi connectivity index (χ1v) is 6.66. The van der Waals surface area contributed by atoms with Gasteiger partial charge in [0.1, 0.15) is 6.61 Å². The Morgan fingerprint density at radius 1 is 1.35 bits per heavy atom. The maximum Gasteiger partial charge on any atom is 0.414 e. The molecule has 0 aliphatic carbocycles. The van der Waals surface area contributed by atoms with Gasteiger partial charge in [0.2, 0.25) is 0 Å². The zero-order valence-electron chi connectivity index (χ0n) is 10.9. The van der Waals surface area contributed by atoms with Gasteiger partial charge in [0, 0.05) is 6.54 Å². The van der Waals surface area contributed by atoms with E-state index in [4.69, 9.17) is 36.1 Å². The first-order chi connectivity index (χ1) is 9.29. The molecule has 0 aliphatic heterocycles. The van der Waals surface area contributed by atoms with Gasteiger partial charge in [-0.15, -0.1) is 0 Å². The van der Waals surface area contributed by atoms with E-state index < -0.39 is 11.9 Å². The monoisotopic (exact) mass is 367 g/mol. The van der Waals surface area contributed by atoms with E-state index in [2.05, 4.69) is 21.2 Å². The van der Waals surface area contributed by atoms with Crippen molar-refractivity contribution < 1.29 is 24.5 Å². The van der Waals surface area contributed by atoms with E-state index in [1.54, 1.807) is 0 Å². The van der Waals surface area contributed by atoms with Gasteiger partial charge in [-0.25, -0.2) is 9.59 Å². The lowest BCUT2D eigenvalue weighted by atomic mass is 10.2. The van der Waals surface area contributed by atoms with E-state index in [9.17, 15) is 0 Å². The van der Waals surface area contributed by atoms with E-state index in [0.717, 1.165) is 16.6 Å². The van der Waals surface area contributed by atoms with Gasteiger partial charge in [0.25, 0.3) is 0 Å². The summed E-state index contributed by atoms with van der Waals surface area (Å²) in [5.41, 5.74) is 1.11. The molecular weight excluding hydrogens is 353 g/mol. The molecule has 1 aromatic rings. The van der Waals surface area contributed by atoms with Crippen LogP contribution in [0.4, 0.5) is 0 Å². The SMILES string of the molecule is CNCCOc1c(Cl)cc(C)cc1Br.O=C(O)C(=O)O. The largest absolute Gasteiger partial charge is 0.490 e. The lowest BCUT2D eigenvalue weighted by Gasteiger charge is -2.10. The van der Waals surface area contributed by atoms with E-state index in [1.807, 2.05) is 26.1 Å². The lowest BCUT2D eigenvalue weighted by molar-refractivity contribution is -0.159. The molecular formula is C12H15BrClNO5. The summed E-state index contributed by atoms with van der Waals surface area (Å²) in [4.78, 5) is 18.2. The van der Waals surface area contributed by atoms with Crippen LogP contribution in [0.25, 0.3) is 0 Å². The Morgan fingerprint density at radius 2 is 1.90 bits per heavy atom. The predicted molar refractivity (Wildman–Crippen MR) is 78.6 cm³/mol. The molecule has 6 nitrogen and oxygen atoms in total. The molecule has 0 spiro atoms. The molecule has 0 unspecified atom stereocenters. The number of likely N-dealkylation sites (N-methyl/N-ethyl adjacent to an activating group) is 1. The average molecular weight is 369 g/mol. The molecule has 0 saturated heterocycles. The van der Waals surface area contributed by atoms with Crippen LogP contribution in [0.1, 0.15) is 5.56 Å². The summed E-state index contributed by atoms with van der Waals surface area (Å²) < 4.78 is 6.42. The molecule has 0 aromatic heterocycles. The summed E-state index contributed by atoms with van der Waals surface area (Å²) in [6.07, 6.45) is 0. The number of carboxylic acids is 2. The van der Waals surface area contributed by atoms with Gasteiger partial charge in [0.15, 0.2) is 5.75 Å². The molecule has 0 radical (unpaired) electrons. The Balaban J connectivity index is 0.000000511. The van der Waals surface area contributed by atoms with Crippen LogP contribution >= 0.6 is 27.5 Å². The van der Waals surface area contributed by atoms with Gasteiger partial charge in [-0.1, -0.05) is 11.6 Å². The van der Waals surface area contributed by atoms with E-state index >= 15 is 0 Å². The van der Waals surface area contributed by atoms with Crippen LogP contribution in [-0.4, -0.2) is 42.4 Å². The smallest absolute Gasteiger partial charge is 0.414 e. The second kappa shape index (κ2) is 9.57. The molecule has 0 heterocycles. The number of carbonyl (C=O) groups is 2. The molecule has 0 fully saturated rings. The van der Waals surface area contributed by atoms with Crippen LogP contribution in [0.5, 0.6) is 5.75 Å². The third-order valence-electron chi connectivity index (χ3n) is 1.92. The summed E-state index contributed by atoms with van der Waals surface area (Å²) in [6.45, 7) is 3.41. The highest BCUT2D eigenvalue weighted by Crippen LogP contribution is 2.34. The number of halogens is 2. The number of hydrogen-bond donors (Lipinski definition) is 3. The van der Waals surface area contributed by atoms with Crippen LogP contribution in [-0.2, 0) is 9.59 Å². The van der Waals surface area contributed by atoms with Crippen LogP contribution in [0.2, 0.25) is 5.02 Å². The summed E-state index contributed by atoms with van der Waals surface area (Å²) in [7, 11) is 1.88. The van der Waals surface area contributed by atoms with Crippen molar-refractivity contribution in [3.05, 3.63) is 27.2 Å². The molecule has 20 heavy (non-hydrogen) atoms. The number of benzene rings is 1. The predicted octanol–water partition coefficient (Wildman–Crippen LogP) is 2.16. The van der Waals surface area contributed by atoms with Gasteiger partial charge < -0.3 is 20.3 Å². The molecule has 112 valence electrons. The van der Waals surface area contributed by atoms with Crippen molar-refractivity contribution in [3.8, 4) is 5.75 Å². The Labute approximate surface area is 129 Å². The van der Waals surface area contributed by atoms with E-state index in [-0.39, 0.29) is 0 Å². The Kier molecular flexibility index (Phi) is 8.94. The molecule has 0 bridgehead atoms. The topological polar surface area (TPSA) is 95.9 Å². The number of nitrogens with one attached hydrogen (secondary N) is 1. The van der Waals surface area contributed by atoms with Gasteiger partial charge in [0.05, 0.1) is 9.50 Å². The quantitative estimate of drug-likeness (QED) is 0.557. The van der Waals surface area contributed by atoms with Crippen LogP contribution in [0.15, 0.2) is 16.6 Å². The van der Waals surface area contributed by atoms with E-state index in [0.29, 0.717) is 17.4 Å². The van der Waals surface area contributed by atoms with Crippen LogP contribution < -0.4 is 10.1 Å². The standard InChI is InChI=1S/C10H13BrClNO.C2H2O4/c1-7-5-8(11)10(9(12)6-7)14-4-3-13-2;3-1(4)2(5)6/h5-6,13H,3-4H2,1-2H3;(H,3,4)(H,5,6). The summed E-state index contributed by atoms with van der Waals surface area (Å²) in [5.74, 6) is -2.93. The fraction of sp³-hybridized carbons (Fsp3) is 0.333. The molecule has 0 atom stereocenters. The van der Waals surface area contributed by atoms with Crippen molar-refractivity contribution in [3.63, 3.8) is 0 Å². The maximum atomic E-state index is 9.10. The molecule has 8 heteroatoms. The number of aliphatic carboxylic acids is 2. The first kappa shape index (κ1) is 18.7. The minimum atomic E-state index is -1.82. The fourth-order valence-corrected chi connectivity index (χ4v) is 2.21. The van der Waals surface area contributed by atoms with Crippen molar-refractivity contribution in [2.45, 2.75) is 6.92 Å². The number of aryl methyl sites for hydroxylation is 1. The van der Waals surface area contributed by atoms with Gasteiger partial charge >= 0.3 is 11.9 Å². The summed E-state index contributed by atoms with van der Waals surface area (Å²) in [6, 6.07) is 3.88. The van der Waals surface area contributed by atoms with Gasteiger partial charge in [-0.3, -0.25) is 0 Å². The molecule has 1 aromatic carbocycles. The normalized spacial score (nSPS) is 9.40. The molecule has 0 aliphatic rings. The third-order valence-corrected chi connectivity index (χ3v) is 2.79. The maximum absolute atomic E-state index is 9.10. The number of rotatable bonds is 4. The van der Waals surface area contributed by atoms with Crippen molar-refractivity contribution in [1.82, 2.24) is 5.32 Å². The van der Waals surface area contributed by atoms with Crippen molar-refractivity contribution in [2.24, 2.45) is 0 Å². The van der Waals surface area contributed by atoms with Crippen molar-refractivity contribution >= 4 is 39.5 Å². The summed E-state index contributed by atoms with van der Waals surface area (Å²) in [5, 5.41) is 18.4. The van der Waals surface area contributed by atoms with E-state index in [1.165, 1.54) is 0 Å². The minimum Gasteiger partial charge on any atom is -0.490 e. The number of carboxylic acid groups (broad SMARTS) is 2. The molecule has 0 saturated carbocycles. The van der Waals surface area contributed by atoms with Crippen LogP contribution in [0, 0.1) is 6.92 Å². The Morgan fingerprint density at radius 3 is 2.30 bits per heavy atom. The Bertz CT molecular complexity index is 446. The van der Waals surface area contributed by atoms with Crippen molar-refractivity contribution in [1.29, 1.82) is 0 Å². The van der Waals surface area contributed by atoms with Gasteiger partial charge in [-0.2, -0.15) is 0 Å². The van der Waals surface area contributed by atoms with Gasteiger partial charge in [-0.05, 0) is 47.6 Å². The minimum absolute atomic E-state index is 0.609. The highest BCUT2D eigenvalue weighted by molar-refractivity contribution is 9.10.